The summed E-state index contributed by atoms with van der Waals surface area (Å²) in [5.41, 5.74) is 3.16. The summed E-state index contributed by atoms with van der Waals surface area (Å²) in [5.74, 6) is 0.822. The zero-order chi connectivity index (χ0) is 13.4. The molecule has 19 heavy (non-hydrogen) atoms. The van der Waals surface area contributed by atoms with E-state index in [1.165, 1.54) is 10.4 Å². The number of rotatable bonds is 3. The van der Waals surface area contributed by atoms with Crippen LogP contribution in [0.1, 0.15) is 28.7 Å². The predicted molar refractivity (Wildman–Crippen MR) is 70.0 cm³/mol. The quantitative estimate of drug-likeness (QED) is 0.767. The number of aromatic nitrogens is 4. The number of carbonyl (C=O) groups is 1. The summed E-state index contributed by atoms with van der Waals surface area (Å²) in [5, 5.41) is 12.0. The van der Waals surface area contributed by atoms with Crippen LogP contribution in [0.15, 0.2) is 18.2 Å². The first kappa shape index (κ1) is 11.8. The number of Topliss-reactive ketones (excluding diaryl/α,β-unsaturated/α-hetero) is 1. The molecule has 0 N–H and O–H groups in total. The Morgan fingerprint density at radius 2 is 2.26 bits per heavy atom. The lowest BCUT2D eigenvalue weighted by Gasteiger charge is -2.17. The van der Waals surface area contributed by atoms with Gasteiger partial charge < -0.3 is 4.90 Å². The van der Waals surface area contributed by atoms with Crippen molar-refractivity contribution >= 4 is 11.5 Å². The first-order valence-electron chi connectivity index (χ1n) is 6.25. The van der Waals surface area contributed by atoms with Crippen molar-refractivity contribution in [3.8, 4) is 0 Å². The first-order valence-corrected chi connectivity index (χ1v) is 6.25. The second-order valence-electron chi connectivity index (χ2n) is 4.77. The van der Waals surface area contributed by atoms with Crippen molar-refractivity contribution < 1.29 is 4.79 Å². The second-order valence-corrected chi connectivity index (χ2v) is 4.77. The third kappa shape index (κ3) is 2.21. The van der Waals surface area contributed by atoms with Crippen molar-refractivity contribution in [3.63, 3.8) is 0 Å². The van der Waals surface area contributed by atoms with Gasteiger partial charge in [0.25, 0.3) is 0 Å². The van der Waals surface area contributed by atoms with Crippen LogP contribution >= 0.6 is 0 Å². The van der Waals surface area contributed by atoms with E-state index in [4.69, 9.17) is 0 Å². The van der Waals surface area contributed by atoms with Gasteiger partial charge in [-0.3, -0.25) is 4.79 Å². The van der Waals surface area contributed by atoms with Crippen LogP contribution in [0, 0.1) is 0 Å². The third-order valence-corrected chi connectivity index (χ3v) is 3.36. The predicted octanol–water partition coefficient (Wildman–Crippen LogP) is 0.975. The fraction of sp³-hybridized carbons (Fsp3) is 0.385. The van der Waals surface area contributed by atoms with E-state index in [0.717, 1.165) is 24.2 Å². The average molecular weight is 257 g/mol. The molecule has 0 atom stereocenters. The molecule has 6 nitrogen and oxygen atoms in total. The Morgan fingerprint density at radius 1 is 1.42 bits per heavy atom. The molecule has 1 aliphatic rings. The van der Waals surface area contributed by atoms with Gasteiger partial charge in [-0.1, -0.05) is 0 Å². The van der Waals surface area contributed by atoms with Crippen LogP contribution < -0.4 is 4.90 Å². The number of benzene rings is 1. The van der Waals surface area contributed by atoms with E-state index in [0.29, 0.717) is 12.4 Å². The minimum absolute atomic E-state index is 0.108. The molecule has 0 saturated heterocycles. The van der Waals surface area contributed by atoms with Crippen LogP contribution in [0.25, 0.3) is 0 Å². The van der Waals surface area contributed by atoms with Crippen molar-refractivity contribution in [1.82, 2.24) is 20.2 Å². The average Bonchev–Trinajstić information content (AvgIpc) is 2.96. The summed E-state index contributed by atoms with van der Waals surface area (Å²) < 4.78 is 0. The van der Waals surface area contributed by atoms with Gasteiger partial charge in [-0.2, -0.15) is 4.80 Å². The molecule has 2 aromatic rings. The molecular formula is C13H15N5O. The molecule has 1 aromatic carbocycles. The number of carbonyl (C=O) groups excluding carboxylic acids is 1. The minimum Gasteiger partial charge on any atom is -0.363 e. The number of anilines is 1. The third-order valence-electron chi connectivity index (χ3n) is 3.36. The van der Waals surface area contributed by atoms with E-state index in [2.05, 4.69) is 20.3 Å². The Labute approximate surface area is 111 Å². The van der Waals surface area contributed by atoms with Gasteiger partial charge in [-0.15, -0.1) is 10.2 Å². The SMILES string of the molecule is CC(=O)c1ccc2c(c1)CCN2Cc1nnn(C)n1. The first-order chi connectivity index (χ1) is 9.13. The smallest absolute Gasteiger partial charge is 0.193 e. The van der Waals surface area contributed by atoms with Gasteiger partial charge in [0.05, 0.1) is 13.6 Å². The molecule has 1 aromatic heterocycles. The molecular weight excluding hydrogens is 242 g/mol. The summed E-state index contributed by atoms with van der Waals surface area (Å²) in [6.07, 6.45) is 0.955. The molecule has 3 rings (SSSR count). The summed E-state index contributed by atoms with van der Waals surface area (Å²) in [7, 11) is 1.76. The number of hydrogen-bond acceptors (Lipinski definition) is 5. The highest BCUT2D eigenvalue weighted by Gasteiger charge is 2.21. The van der Waals surface area contributed by atoms with Gasteiger partial charge in [0.15, 0.2) is 11.6 Å². The van der Waals surface area contributed by atoms with Gasteiger partial charge in [-0.05, 0) is 42.3 Å². The molecule has 0 fully saturated rings. The molecule has 0 aliphatic carbocycles. The molecule has 0 unspecified atom stereocenters. The summed E-state index contributed by atoms with van der Waals surface area (Å²) in [6.45, 7) is 3.17. The highest BCUT2D eigenvalue weighted by Crippen LogP contribution is 2.29. The Kier molecular flexibility index (Phi) is 2.77. The van der Waals surface area contributed by atoms with Gasteiger partial charge in [0.1, 0.15) is 0 Å². The zero-order valence-electron chi connectivity index (χ0n) is 11.0. The van der Waals surface area contributed by atoms with Crippen LogP contribution in [-0.4, -0.2) is 32.5 Å². The molecule has 0 spiro atoms. The molecule has 6 heteroatoms. The lowest BCUT2D eigenvalue weighted by molar-refractivity contribution is 0.101. The van der Waals surface area contributed by atoms with Crippen molar-refractivity contribution in [2.45, 2.75) is 19.9 Å². The fourth-order valence-electron chi connectivity index (χ4n) is 2.41. The molecule has 1 aliphatic heterocycles. The molecule has 2 heterocycles. The Morgan fingerprint density at radius 3 is 2.95 bits per heavy atom. The van der Waals surface area contributed by atoms with Crippen molar-refractivity contribution in [1.29, 1.82) is 0 Å². The van der Waals surface area contributed by atoms with Crippen LogP contribution in [0.3, 0.4) is 0 Å². The summed E-state index contributed by atoms with van der Waals surface area (Å²) in [4.78, 5) is 15.1. The highest BCUT2D eigenvalue weighted by atomic mass is 16.1. The maximum Gasteiger partial charge on any atom is 0.193 e. The Balaban J connectivity index is 1.84. The van der Waals surface area contributed by atoms with Crippen LogP contribution in [0.4, 0.5) is 5.69 Å². The van der Waals surface area contributed by atoms with Crippen molar-refractivity contribution in [2.75, 3.05) is 11.4 Å². The fourth-order valence-corrected chi connectivity index (χ4v) is 2.41. The van der Waals surface area contributed by atoms with Crippen LogP contribution in [0.5, 0.6) is 0 Å². The second kappa shape index (κ2) is 4.46. The van der Waals surface area contributed by atoms with Gasteiger partial charge in [-0.25, -0.2) is 0 Å². The highest BCUT2D eigenvalue weighted by molar-refractivity contribution is 5.94. The maximum absolute atomic E-state index is 11.4. The largest absolute Gasteiger partial charge is 0.363 e. The van der Waals surface area contributed by atoms with Crippen molar-refractivity contribution in [2.24, 2.45) is 7.05 Å². The topological polar surface area (TPSA) is 63.9 Å². The number of tetrazole rings is 1. The van der Waals surface area contributed by atoms with Crippen LogP contribution in [0.2, 0.25) is 0 Å². The lowest BCUT2D eigenvalue weighted by Crippen LogP contribution is -2.20. The molecule has 0 saturated carbocycles. The van der Waals surface area contributed by atoms with Crippen molar-refractivity contribution in [3.05, 3.63) is 35.2 Å². The van der Waals surface area contributed by atoms with E-state index in [1.54, 1.807) is 14.0 Å². The number of nitrogens with zero attached hydrogens (tertiary/aromatic N) is 5. The monoisotopic (exact) mass is 257 g/mol. The van der Waals surface area contributed by atoms with E-state index < -0.39 is 0 Å². The molecule has 0 amide bonds. The summed E-state index contributed by atoms with van der Waals surface area (Å²) in [6, 6.07) is 5.88. The lowest BCUT2D eigenvalue weighted by atomic mass is 10.1. The number of fused-ring (bicyclic) bond motifs is 1. The normalized spacial score (nSPS) is 13.7. The van der Waals surface area contributed by atoms with E-state index in [-0.39, 0.29) is 5.78 Å². The van der Waals surface area contributed by atoms with E-state index >= 15 is 0 Å². The Bertz CT molecular complexity index is 634. The minimum atomic E-state index is 0.108. The van der Waals surface area contributed by atoms with Gasteiger partial charge in [0, 0.05) is 17.8 Å². The van der Waals surface area contributed by atoms with Crippen LogP contribution in [-0.2, 0) is 20.0 Å². The Hall–Kier alpha value is -2.24. The standard InChI is InChI=1S/C13H15N5O/c1-9(19)10-3-4-12-11(7-10)5-6-18(12)8-13-14-16-17(2)15-13/h3-4,7H,5-6,8H2,1-2H3. The van der Waals surface area contributed by atoms with E-state index in [1.807, 2.05) is 18.2 Å². The molecule has 0 bridgehead atoms. The number of hydrogen-bond donors (Lipinski definition) is 0. The molecule has 98 valence electrons. The van der Waals surface area contributed by atoms with E-state index in [9.17, 15) is 4.79 Å². The number of ketones is 1. The van der Waals surface area contributed by atoms with Gasteiger partial charge in [0.2, 0.25) is 0 Å². The zero-order valence-corrected chi connectivity index (χ0v) is 11.0. The maximum atomic E-state index is 11.4. The molecule has 0 radical (unpaired) electrons. The van der Waals surface area contributed by atoms with Gasteiger partial charge >= 0.3 is 0 Å². The number of aryl methyl sites for hydroxylation is 1. The summed E-state index contributed by atoms with van der Waals surface area (Å²) >= 11 is 0.